The fourth-order valence-corrected chi connectivity index (χ4v) is 3.11. The Hall–Kier alpha value is -1.64. The first-order chi connectivity index (χ1) is 11.3. The van der Waals surface area contributed by atoms with Crippen molar-refractivity contribution in [1.29, 1.82) is 0 Å². The number of aromatic amines is 1. The SMILES string of the molecule is CC(C)COc1c[nH]c(CNS(=O)(=O)c2ccc(Br)cc2)cc1=O. The molecule has 0 saturated heterocycles. The maximum Gasteiger partial charge on any atom is 0.240 e. The zero-order valence-electron chi connectivity index (χ0n) is 13.4. The molecule has 0 amide bonds. The number of hydrogen-bond donors (Lipinski definition) is 2. The molecule has 0 atom stereocenters. The van der Waals surface area contributed by atoms with Crippen LogP contribution < -0.4 is 14.9 Å². The van der Waals surface area contributed by atoms with Crippen molar-refractivity contribution in [1.82, 2.24) is 9.71 Å². The van der Waals surface area contributed by atoms with Gasteiger partial charge in [-0.15, -0.1) is 0 Å². The van der Waals surface area contributed by atoms with Crippen LogP contribution in [-0.2, 0) is 16.6 Å². The van der Waals surface area contributed by atoms with Crippen LogP contribution in [0.4, 0.5) is 0 Å². The minimum Gasteiger partial charge on any atom is -0.488 e. The number of benzene rings is 1. The van der Waals surface area contributed by atoms with Crippen LogP contribution in [0.1, 0.15) is 19.5 Å². The molecule has 0 spiro atoms. The Balaban J connectivity index is 2.05. The number of halogens is 1. The molecule has 0 aliphatic rings. The maximum absolute atomic E-state index is 12.2. The van der Waals surface area contributed by atoms with Crippen molar-refractivity contribution in [2.24, 2.45) is 5.92 Å². The van der Waals surface area contributed by atoms with Crippen molar-refractivity contribution in [3.8, 4) is 5.75 Å². The van der Waals surface area contributed by atoms with Gasteiger partial charge in [-0.25, -0.2) is 13.1 Å². The lowest BCUT2D eigenvalue weighted by molar-refractivity contribution is 0.267. The van der Waals surface area contributed by atoms with Crippen molar-refractivity contribution in [2.75, 3.05) is 6.61 Å². The predicted octanol–water partition coefficient (Wildman–Crippen LogP) is 2.65. The summed E-state index contributed by atoms with van der Waals surface area (Å²) in [7, 11) is -3.64. The van der Waals surface area contributed by atoms with Crippen LogP contribution in [0.2, 0.25) is 0 Å². The molecule has 8 heteroatoms. The van der Waals surface area contributed by atoms with Gasteiger partial charge in [0.15, 0.2) is 5.75 Å². The van der Waals surface area contributed by atoms with Crippen molar-refractivity contribution in [3.63, 3.8) is 0 Å². The van der Waals surface area contributed by atoms with Gasteiger partial charge in [-0.05, 0) is 30.2 Å². The monoisotopic (exact) mass is 414 g/mol. The van der Waals surface area contributed by atoms with E-state index in [2.05, 4.69) is 25.6 Å². The summed E-state index contributed by atoms with van der Waals surface area (Å²) in [5.74, 6) is 0.532. The summed E-state index contributed by atoms with van der Waals surface area (Å²) in [4.78, 5) is 15.0. The molecule has 1 aromatic carbocycles. The van der Waals surface area contributed by atoms with Gasteiger partial charge in [0.2, 0.25) is 15.5 Å². The predicted molar refractivity (Wildman–Crippen MR) is 95.6 cm³/mol. The Kier molecular flexibility index (Phi) is 6.20. The first kappa shape index (κ1) is 18.7. The van der Waals surface area contributed by atoms with Gasteiger partial charge in [0.25, 0.3) is 0 Å². The number of aromatic nitrogens is 1. The zero-order chi connectivity index (χ0) is 17.7. The number of ether oxygens (including phenoxy) is 1. The fourth-order valence-electron chi connectivity index (χ4n) is 1.84. The quantitative estimate of drug-likeness (QED) is 0.728. The Morgan fingerprint density at radius 1 is 1.25 bits per heavy atom. The Morgan fingerprint density at radius 2 is 1.92 bits per heavy atom. The molecule has 0 unspecified atom stereocenters. The summed E-state index contributed by atoms with van der Waals surface area (Å²) in [6.07, 6.45) is 1.45. The lowest BCUT2D eigenvalue weighted by atomic mass is 10.2. The average Bonchev–Trinajstić information content (AvgIpc) is 2.52. The number of nitrogens with one attached hydrogen (secondary N) is 2. The molecule has 0 aliphatic carbocycles. The lowest BCUT2D eigenvalue weighted by Gasteiger charge is -2.10. The molecule has 1 heterocycles. The molecular formula is C16H19BrN2O4S. The van der Waals surface area contributed by atoms with Crippen molar-refractivity contribution < 1.29 is 13.2 Å². The minimum atomic E-state index is -3.64. The van der Waals surface area contributed by atoms with Crippen LogP contribution in [0.25, 0.3) is 0 Å². The fraction of sp³-hybridized carbons (Fsp3) is 0.312. The second-order valence-corrected chi connectivity index (χ2v) is 8.35. The summed E-state index contributed by atoms with van der Waals surface area (Å²) >= 11 is 3.26. The third kappa shape index (κ3) is 5.19. The van der Waals surface area contributed by atoms with E-state index in [0.717, 1.165) is 4.47 Å². The van der Waals surface area contributed by atoms with E-state index < -0.39 is 10.0 Å². The van der Waals surface area contributed by atoms with Gasteiger partial charge >= 0.3 is 0 Å². The van der Waals surface area contributed by atoms with E-state index in [-0.39, 0.29) is 22.6 Å². The molecule has 0 fully saturated rings. The topological polar surface area (TPSA) is 88.3 Å². The summed E-state index contributed by atoms with van der Waals surface area (Å²) in [5, 5.41) is 0. The minimum absolute atomic E-state index is 0.0158. The van der Waals surface area contributed by atoms with Crippen LogP contribution in [0.3, 0.4) is 0 Å². The molecule has 130 valence electrons. The van der Waals surface area contributed by atoms with Gasteiger partial charge in [-0.2, -0.15) is 0 Å². The summed E-state index contributed by atoms with van der Waals surface area (Å²) < 4.78 is 33.0. The first-order valence-corrected chi connectivity index (χ1v) is 9.65. The van der Waals surface area contributed by atoms with Gasteiger partial charge in [-0.3, -0.25) is 4.79 Å². The van der Waals surface area contributed by atoms with E-state index in [1.165, 1.54) is 24.4 Å². The third-order valence-electron chi connectivity index (χ3n) is 3.09. The molecule has 0 radical (unpaired) electrons. The molecule has 2 N–H and O–H groups in total. The molecule has 1 aromatic heterocycles. The van der Waals surface area contributed by atoms with Crippen molar-refractivity contribution in [3.05, 3.63) is 56.9 Å². The van der Waals surface area contributed by atoms with Gasteiger partial charge in [0.1, 0.15) is 0 Å². The summed E-state index contributed by atoms with van der Waals surface area (Å²) in [5.41, 5.74) is 0.171. The molecule has 2 rings (SSSR count). The van der Waals surface area contributed by atoms with Crippen LogP contribution >= 0.6 is 15.9 Å². The van der Waals surface area contributed by atoms with Gasteiger partial charge in [0, 0.05) is 22.4 Å². The highest BCUT2D eigenvalue weighted by molar-refractivity contribution is 9.10. The number of rotatable bonds is 7. The highest BCUT2D eigenvalue weighted by Crippen LogP contribution is 2.14. The van der Waals surface area contributed by atoms with E-state index in [0.29, 0.717) is 18.2 Å². The van der Waals surface area contributed by atoms with Gasteiger partial charge < -0.3 is 9.72 Å². The molecule has 0 saturated carbocycles. The standard InChI is InChI=1S/C16H19BrN2O4S/c1-11(2)10-23-16-9-18-13(7-15(16)20)8-19-24(21,22)14-5-3-12(17)4-6-14/h3-7,9,11,19H,8,10H2,1-2H3,(H,18,20). The van der Waals surface area contributed by atoms with E-state index in [1.807, 2.05) is 13.8 Å². The van der Waals surface area contributed by atoms with E-state index >= 15 is 0 Å². The normalized spacial score (nSPS) is 11.7. The highest BCUT2D eigenvalue weighted by atomic mass is 79.9. The van der Waals surface area contributed by atoms with Crippen molar-refractivity contribution >= 4 is 26.0 Å². The van der Waals surface area contributed by atoms with Gasteiger partial charge in [0.05, 0.1) is 18.0 Å². The molecule has 2 aromatic rings. The largest absolute Gasteiger partial charge is 0.488 e. The smallest absolute Gasteiger partial charge is 0.240 e. The number of sulfonamides is 1. The van der Waals surface area contributed by atoms with E-state index in [1.54, 1.807) is 12.1 Å². The molecular weight excluding hydrogens is 396 g/mol. The van der Waals surface area contributed by atoms with Crippen LogP contribution in [0.15, 0.2) is 50.7 Å². The molecule has 24 heavy (non-hydrogen) atoms. The van der Waals surface area contributed by atoms with Crippen LogP contribution in [-0.4, -0.2) is 20.0 Å². The Morgan fingerprint density at radius 3 is 2.50 bits per heavy atom. The number of H-pyrrole nitrogens is 1. The second kappa shape index (κ2) is 7.96. The number of pyridine rings is 1. The number of hydrogen-bond acceptors (Lipinski definition) is 4. The average molecular weight is 415 g/mol. The van der Waals surface area contributed by atoms with Crippen molar-refractivity contribution in [2.45, 2.75) is 25.3 Å². The van der Waals surface area contributed by atoms with Gasteiger partial charge in [-0.1, -0.05) is 29.8 Å². The first-order valence-electron chi connectivity index (χ1n) is 7.37. The molecule has 6 nitrogen and oxygen atoms in total. The summed E-state index contributed by atoms with van der Waals surface area (Å²) in [6.45, 7) is 4.40. The van der Waals surface area contributed by atoms with Crippen LogP contribution in [0, 0.1) is 5.92 Å². The van der Waals surface area contributed by atoms with Crippen LogP contribution in [0.5, 0.6) is 5.75 Å². The van der Waals surface area contributed by atoms with E-state index in [9.17, 15) is 13.2 Å². The third-order valence-corrected chi connectivity index (χ3v) is 5.03. The molecule has 0 aliphatic heterocycles. The zero-order valence-corrected chi connectivity index (χ0v) is 15.8. The molecule has 0 bridgehead atoms. The Bertz CT molecular complexity index is 845. The second-order valence-electron chi connectivity index (χ2n) is 5.67. The highest BCUT2D eigenvalue weighted by Gasteiger charge is 2.14. The van der Waals surface area contributed by atoms with E-state index in [4.69, 9.17) is 4.74 Å². The maximum atomic E-state index is 12.2. The lowest BCUT2D eigenvalue weighted by Crippen LogP contribution is -2.24. The Labute approximate surface area is 149 Å². The summed E-state index contributed by atoms with van der Waals surface area (Å²) in [6, 6.07) is 7.63.